The van der Waals surface area contributed by atoms with Gasteiger partial charge in [0.1, 0.15) is 0 Å². The highest BCUT2D eigenvalue weighted by atomic mass is 35.5. The maximum atomic E-state index is 11.7. The first-order valence-electron chi connectivity index (χ1n) is 5.33. The molecule has 86 valence electrons. The number of hydrogen-bond donors (Lipinski definition) is 1. The zero-order valence-corrected chi connectivity index (χ0v) is 9.54. The van der Waals surface area contributed by atoms with Crippen molar-refractivity contribution in [2.24, 2.45) is 0 Å². The van der Waals surface area contributed by atoms with Gasteiger partial charge in [0.25, 0.3) is 5.91 Å². The minimum atomic E-state index is -0.320. The summed E-state index contributed by atoms with van der Waals surface area (Å²) in [4.78, 5) is 20.8. The Bertz CT molecular complexity index is 378. The Morgan fingerprint density at radius 3 is 2.94 bits per heavy atom. The van der Waals surface area contributed by atoms with Crippen LogP contribution in [0.1, 0.15) is 36.0 Å². The summed E-state index contributed by atoms with van der Waals surface area (Å²) >= 11 is 5.84. The first-order valence-corrected chi connectivity index (χ1v) is 5.70. The molecule has 1 saturated carbocycles. The van der Waals surface area contributed by atoms with Gasteiger partial charge in [-0.15, -0.1) is 0 Å². The number of nitrogens with one attached hydrogen (secondary N) is 1. The highest BCUT2D eigenvalue weighted by molar-refractivity contribution is 6.33. The number of carbonyl (C=O) groups is 1. The van der Waals surface area contributed by atoms with Crippen LogP contribution < -0.4 is 5.48 Å². The second kappa shape index (κ2) is 5.27. The molecule has 0 atom stereocenters. The van der Waals surface area contributed by atoms with Crippen LogP contribution in [0.25, 0.3) is 0 Å². The van der Waals surface area contributed by atoms with E-state index in [0.717, 1.165) is 25.7 Å². The smallest absolute Gasteiger partial charge is 0.270 e. The first-order chi connectivity index (χ1) is 7.77. The molecule has 0 aromatic carbocycles. The molecule has 1 N–H and O–H groups in total. The molecule has 1 fully saturated rings. The molecule has 1 aliphatic carbocycles. The normalized spacial score (nSPS) is 16.3. The zero-order chi connectivity index (χ0) is 11.4. The fourth-order valence-corrected chi connectivity index (χ4v) is 1.96. The van der Waals surface area contributed by atoms with E-state index in [-0.39, 0.29) is 12.0 Å². The number of amides is 1. The van der Waals surface area contributed by atoms with Crippen LogP contribution in [0.5, 0.6) is 0 Å². The summed E-state index contributed by atoms with van der Waals surface area (Å²) in [5.74, 6) is -0.320. The van der Waals surface area contributed by atoms with Crippen LogP contribution in [0.4, 0.5) is 0 Å². The summed E-state index contributed by atoms with van der Waals surface area (Å²) < 4.78 is 0. The van der Waals surface area contributed by atoms with Crippen LogP contribution in [0.3, 0.4) is 0 Å². The van der Waals surface area contributed by atoms with Crippen LogP contribution in [-0.2, 0) is 4.84 Å². The minimum absolute atomic E-state index is 0.143. The van der Waals surface area contributed by atoms with E-state index in [9.17, 15) is 4.79 Å². The highest BCUT2D eigenvalue weighted by Gasteiger charge is 2.18. The summed E-state index contributed by atoms with van der Waals surface area (Å²) in [5.41, 5.74) is 2.81. The Morgan fingerprint density at radius 1 is 1.50 bits per heavy atom. The quantitative estimate of drug-likeness (QED) is 0.825. The largest absolute Gasteiger partial charge is 0.276 e. The van der Waals surface area contributed by atoms with Crippen LogP contribution >= 0.6 is 11.6 Å². The summed E-state index contributed by atoms with van der Waals surface area (Å²) in [6, 6.07) is 1.57. The van der Waals surface area contributed by atoms with Gasteiger partial charge in [0.05, 0.1) is 16.7 Å². The van der Waals surface area contributed by atoms with Gasteiger partial charge < -0.3 is 0 Å². The maximum Gasteiger partial charge on any atom is 0.276 e. The lowest BCUT2D eigenvalue weighted by Gasteiger charge is -2.11. The molecular formula is C11H13ClN2O2. The van der Waals surface area contributed by atoms with Gasteiger partial charge in [0.2, 0.25) is 0 Å². The highest BCUT2D eigenvalue weighted by Crippen LogP contribution is 2.20. The van der Waals surface area contributed by atoms with E-state index in [2.05, 4.69) is 10.5 Å². The molecule has 4 nitrogen and oxygen atoms in total. The lowest BCUT2D eigenvalue weighted by Crippen LogP contribution is -2.28. The Hall–Kier alpha value is -1.13. The average Bonchev–Trinajstić information content (AvgIpc) is 2.79. The van der Waals surface area contributed by atoms with Gasteiger partial charge in [-0.1, -0.05) is 24.4 Å². The van der Waals surface area contributed by atoms with Crippen LogP contribution in [0.15, 0.2) is 18.5 Å². The van der Waals surface area contributed by atoms with Crippen molar-refractivity contribution in [3.05, 3.63) is 29.0 Å². The predicted molar refractivity (Wildman–Crippen MR) is 60.1 cm³/mol. The van der Waals surface area contributed by atoms with E-state index >= 15 is 0 Å². The molecule has 0 aliphatic heterocycles. The molecule has 1 heterocycles. The number of pyridine rings is 1. The summed E-state index contributed by atoms with van der Waals surface area (Å²) in [7, 11) is 0. The van der Waals surface area contributed by atoms with Gasteiger partial charge in [0.15, 0.2) is 0 Å². The Labute approximate surface area is 98.9 Å². The van der Waals surface area contributed by atoms with Crippen LogP contribution in [0.2, 0.25) is 5.02 Å². The Balaban J connectivity index is 1.90. The van der Waals surface area contributed by atoms with E-state index in [4.69, 9.17) is 16.4 Å². The second-order valence-electron chi connectivity index (χ2n) is 3.81. The molecule has 1 aromatic heterocycles. The fourth-order valence-electron chi connectivity index (χ4n) is 1.76. The van der Waals surface area contributed by atoms with Crippen LogP contribution in [0, 0.1) is 0 Å². The molecule has 1 aliphatic rings. The molecule has 0 radical (unpaired) electrons. The SMILES string of the molecule is O=C(NOC1CCCC1)c1ccncc1Cl. The molecule has 1 aromatic rings. The predicted octanol–water partition coefficient (Wildman–Crippen LogP) is 2.34. The molecule has 0 spiro atoms. The number of halogens is 1. The van der Waals surface area contributed by atoms with Gasteiger partial charge in [-0.05, 0) is 18.9 Å². The fraction of sp³-hybridized carbons (Fsp3) is 0.455. The molecular weight excluding hydrogens is 228 g/mol. The molecule has 16 heavy (non-hydrogen) atoms. The molecule has 2 rings (SSSR count). The van der Waals surface area contributed by atoms with E-state index in [1.165, 1.54) is 12.4 Å². The van der Waals surface area contributed by atoms with Crippen molar-refractivity contribution in [3.8, 4) is 0 Å². The van der Waals surface area contributed by atoms with Crippen molar-refractivity contribution in [2.45, 2.75) is 31.8 Å². The van der Waals surface area contributed by atoms with Gasteiger partial charge >= 0.3 is 0 Å². The number of aromatic nitrogens is 1. The van der Waals surface area contributed by atoms with E-state index in [1.54, 1.807) is 6.07 Å². The monoisotopic (exact) mass is 240 g/mol. The lowest BCUT2D eigenvalue weighted by molar-refractivity contribution is -0.0124. The molecule has 5 heteroatoms. The summed E-state index contributed by atoms with van der Waals surface area (Å²) in [5, 5.41) is 0.329. The Morgan fingerprint density at radius 2 is 2.25 bits per heavy atom. The van der Waals surface area contributed by atoms with Crippen molar-refractivity contribution in [2.75, 3.05) is 0 Å². The van der Waals surface area contributed by atoms with Gasteiger partial charge in [-0.25, -0.2) is 5.48 Å². The lowest BCUT2D eigenvalue weighted by atomic mass is 10.2. The third kappa shape index (κ3) is 2.71. The van der Waals surface area contributed by atoms with Crippen LogP contribution in [-0.4, -0.2) is 17.0 Å². The standard InChI is InChI=1S/C11H13ClN2O2/c12-10-7-13-6-5-9(10)11(15)14-16-8-3-1-2-4-8/h5-8H,1-4H2,(H,14,15). The molecule has 0 bridgehead atoms. The summed E-state index contributed by atoms with van der Waals surface area (Å²) in [6.45, 7) is 0. The van der Waals surface area contributed by atoms with E-state index in [1.807, 2.05) is 0 Å². The molecule has 1 amide bonds. The summed E-state index contributed by atoms with van der Waals surface area (Å²) in [6.07, 6.45) is 7.44. The topological polar surface area (TPSA) is 51.2 Å². The van der Waals surface area contributed by atoms with E-state index < -0.39 is 0 Å². The van der Waals surface area contributed by atoms with Crippen molar-refractivity contribution < 1.29 is 9.63 Å². The van der Waals surface area contributed by atoms with Crippen molar-refractivity contribution in [1.29, 1.82) is 0 Å². The van der Waals surface area contributed by atoms with E-state index in [0.29, 0.717) is 10.6 Å². The number of hydroxylamine groups is 1. The van der Waals surface area contributed by atoms with Crippen molar-refractivity contribution in [3.63, 3.8) is 0 Å². The number of hydrogen-bond acceptors (Lipinski definition) is 3. The van der Waals surface area contributed by atoms with Crippen molar-refractivity contribution in [1.82, 2.24) is 10.5 Å². The van der Waals surface area contributed by atoms with Gasteiger partial charge in [-0.2, -0.15) is 0 Å². The molecule has 0 saturated heterocycles. The number of carbonyl (C=O) groups excluding carboxylic acids is 1. The average molecular weight is 241 g/mol. The first kappa shape index (κ1) is 11.4. The van der Waals surface area contributed by atoms with Gasteiger partial charge in [0, 0.05) is 12.4 Å². The molecule has 0 unspecified atom stereocenters. The second-order valence-corrected chi connectivity index (χ2v) is 4.22. The number of nitrogens with zero attached hydrogens (tertiary/aromatic N) is 1. The van der Waals surface area contributed by atoms with Gasteiger partial charge in [-0.3, -0.25) is 14.6 Å². The third-order valence-corrected chi connectivity index (χ3v) is 2.94. The maximum absolute atomic E-state index is 11.7. The zero-order valence-electron chi connectivity index (χ0n) is 8.78. The minimum Gasteiger partial charge on any atom is -0.270 e. The van der Waals surface area contributed by atoms with Crippen molar-refractivity contribution >= 4 is 17.5 Å². The third-order valence-electron chi connectivity index (χ3n) is 2.64. The number of rotatable bonds is 3. The Kier molecular flexibility index (Phi) is 3.74.